The molecule has 0 spiro atoms. The molecule has 2 nitrogen and oxygen atoms in total. The van der Waals surface area contributed by atoms with Gasteiger partial charge in [0.1, 0.15) is 0 Å². The standard InChI is InChI=1S/C13H15NOS2/c1-10-9-17-13(16)14(10)7-11-5-3-4-6-12(11)8-15-2/h3-6,9H,7-8H2,1-2H3. The van der Waals surface area contributed by atoms with E-state index in [4.69, 9.17) is 17.0 Å². The second-order valence-electron chi connectivity index (χ2n) is 3.93. The van der Waals surface area contributed by atoms with E-state index in [1.54, 1.807) is 18.4 Å². The number of aromatic nitrogens is 1. The van der Waals surface area contributed by atoms with Crippen LogP contribution in [0, 0.1) is 10.9 Å². The van der Waals surface area contributed by atoms with E-state index in [2.05, 4.69) is 35.1 Å². The van der Waals surface area contributed by atoms with Gasteiger partial charge in [0.15, 0.2) is 3.95 Å². The molecule has 0 fully saturated rings. The predicted molar refractivity (Wildman–Crippen MR) is 74.1 cm³/mol. The average Bonchev–Trinajstić information content (AvgIpc) is 2.64. The van der Waals surface area contributed by atoms with Crippen LogP contribution in [0.2, 0.25) is 0 Å². The normalized spacial score (nSPS) is 10.7. The van der Waals surface area contributed by atoms with Crippen molar-refractivity contribution in [1.29, 1.82) is 0 Å². The summed E-state index contributed by atoms with van der Waals surface area (Å²) in [7, 11) is 1.72. The molecular weight excluding hydrogens is 250 g/mol. The summed E-state index contributed by atoms with van der Waals surface area (Å²) in [5, 5.41) is 2.10. The largest absolute Gasteiger partial charge is 0.380 e. The number of methoxy groups -OCH3 is 1. The van der Waals surface area contributed by atoms with E-state index in [0.717, 1.165) is 10.5 Å². The smallest absolute Gasteiger partial charge is 0.161 e. The van der Waals surface area contributed by atoms with Crippen LogP contribution in [0.15, 0.2) is 29.6 Å². The lowest BCUT2D eigenvalue weighted by Gasteiger charge is -2.10. The highest BCUT2D eigenvalue weighted by molar-refractivity contribution is 7.73. The van der Waals surface area contributed by atoms with Crippen molar-refractivity contribution in [3.05, 3.63) is 50.4 Å². The molecule has 2 rings (SSSR count). The molecule has 0 aliphatic heterocycles. The highest BCUT2D eigenvalue weighted by atomic mass is 32.1. The molecule has 2 aromatic rings. The Kier molecular flexibility index (Phi) is 4.10. The highest BCUT2D eigenvalue weighted by Crippen LogP contribution is 2.16. The van der Waals surface area contributed by atoms with Crippen molar-refractivity contribution >= 4 is 23.6 Å². The Hall–Kier alpha value is -0.970. The van der Waals surface area contributed by atoms with Crippen molar-refractivity contribution in [3.8, 4) is 0 Å². The number of thiazole rings is 1. The van der Waals surface area contributed by atoms with E-state index < -0.39 is 0 Å². The van der Waals surface area contributed by atoms with Gasteiger partial charge in [-0.3, -0.25) is 0 Å². The van der Waals surface area contributed by atoms with Crippen LogP contribution in [-0.2, 0) is 17.9 Å². The van der Waals surface area contributed by atoms with Gasteiger partial charge < -0.3 is 9.30 Å². The zero-order valence-corrected chi connectivity index (χ0v) is 11.6. The quantitative estimate of drug-likeness (QED) is 0.781. The van der Waals surface area contributed by atoms with E-state index in [1.807, 2.05) is 6.07 Å². The van der Waals surface area contributed by atoms with Gasteiger partial charge in [-0.1, -0.05) is 24.3 Å². The lowest BCUT2D eigenvalue weighted by atomic mass is 10.1. The van der Waals surface area contributed by atoms with Gasteiger partial charge in [0, 0.05) is 24.7 Å². The number of aryl methyl sites for hydroxylation is 1. The van der Waals surface area contributed by atoms with Gasteiger partial charge in [-0.15, -0.1) is 11.3 Å². The molecular formula is C13H15NOS2. The molecule has 0 aliphatic carbocycles. The maximum absolute atomic E-state index is 5.33. The molecule has 0 bridgehead atoms. The first-order valence-electron chi connectivity index (χ1n) is 5.43. The zero-order chi connectivity index (χ0) is 12.3. The van der Waals surface area contributed by atoms with Crippen LogP contribution in [-0.4, -0.2) is 11.7 Å². The van der Waals surface area contributed by atoms with Gasteiger partial charge >= 0.3 is 0 Å². The van der Waals surface area contributed by atoms with Gasteiger partial charge in [-0.05, 0) is 30.3 Å². The molecule has 4 heteroatoms. The van der Waals surface area contributed by atoms with E-state index >= 15 is 0 Å². The molecule has 0 saturated carbocycles. The second-order valence-corrected chi connectivity index (χ2v) is 5.43. The summed E-state index contributed by atoms with van der Waals surface area (Å²) >= 11 is 6.95. The molecule has 90 valence electrons. The predicted octanol–water partition coefficient (Wildman–Crippen LogP) is 3.78. The number of rotatable bonds is 4. The molecule has 0 saturated heterocycles. The minimum Gasteiger partial charge on any atom is -0.380 e. The Balaban J connectivity index is 2.33. The highest BCUT2D eigenvalue weighted by Gasteiger charge is 2.05. The van der Waals surface area contributed by atoms with Crippen molar-refractivity contribution in [2.24, 2.45) is 0 Å². The summed E-state index contributed by atoms with van der Waals surface area (Å²) in [4.78, 5) is 0. The Bertz CT molecular complexity index is 557. The third kappa shape index (κ3) is 2.83. The van der Waals surface area contributed by atoms with Gasteiger partial charge in [-0.25, -0.2) is 0 Å². The van der Waals surface area contributed by atoms with E-state index in [1.165, 1.54) is 16.8 Å². The first-order valence-corrected chi connectivity index (χ1v) is 6.72. The second kappa shape index (κ2) is 5.58. The maximum atomic E-state index is 5.33. The van der Waals surface area contributed by atoms with Gasteiger partial charge in [0.2, 0.25) is 0 Å². The van der Waals surface area contributed by atoms with Gasteiger partial charge in [0.05, 0.1) is 6.61 Å². The molecule has 1 aromatic carbocycles. The average molecular weight is 265 g/mol. The molecule has 0 N–H and O–H groups in total. The van der Waals surface area contributed by atoms with E-state index in [9.17, 15) is 0 Å². The van der Waals surface area contributed by atoms with Crippen LogP contribution in [0.1, 0.15) is 16.8 Å². The summed E-state index contributed by atoms with van der Waals surface area (Å²) in [5.41, 5.74) is 3.71. The van der Waals surface area contributed by atoms with Crippen LogP contribution in [0.25, 0.3) is 0 Å². The Morgan fingerprint density at radius 1 is 1.29 bits per heavy atom. The summed E-state index contributed by atoms with van der Waals surface area (Å²) < 4.78 is 8.30. The van der Waals surface area contributed by atoms with Crippen molar-refractivity contribution in [2.75, 3.05) is 7.11 Å². The summed E-state index contributed by atoms with van der Waals surface area (Å²) in [5.74, 6) is 0. The fraction of sp³-hybridized carbons (Fsp3) is 0.308. The fourth-order valence-electron chi connectivity index (χ4n) is 1.77. The van der Waals surface area contributed by atoms with E-state index in [-0.39, 0.29) is 0 Å². The molecule has 1 heterocycles. The van der Waals surface area contributed by atoms with Crippen molar-refractivity contribution in [2.45, 2.75) is 20.1 Å². The molecule has 0 radical (unpaired) electrons. The first kappa shape index (κ1) is 12.5. The van der Waals surface area contributed by atoms with Crippen molar-refractivity contribution < 1.29 is 4.74 Å². The molecule has 17 heavy (non-hydrogen) atoms. The minimum atomic E-state index is 0.646. The van der Waals surface area contributed by atoms with Crippen LogP contribution in [0.3, 0.4) is 0 Å². The van der Waals surface area contributed by atoms with Gasteiger partial charge in [0.25, 0.3) is 0 Å². The molecule has 0 amide bonds. The molecule has 1 aromatic heterocycles. The van der Waals surface area contributed by atoms with Crippen LogP contribution >= 0.6 is 23.6 Å². The summed E-state index contributed by atoms with van der Waals surface area (Å²) in [6, 6.07) is 8.33. The minimum absolute atomic E-state index is 0.646. The fourth-order valence-corrected chi connectivity index (χ4v) is 2.86. The number of hydrogen-bond donors (Lipinski definition) is 0. The number of ether oxygens (including phenoxy) is 1. The third-order valence-corrected chi connectivity index (χ3v) is 4.11. The zero-order valence-electron chi connectivity index (χ0n) is 9.97. The summed E-state index contributed by atoms with van der Waals surface area (Å²) in [6.45, 7) is 3.56. The van der Waals surface area contributed by atoms with Crippen LogP contribution in [0.4, 0.5) is 0 Å². The Morgan fingerprint density at radius 3 is 2.59 bits per heavy atom. The van der Waals surface area contributed by atoms with Crippen molar-refractivity contribution in [3.63, 3.8) is 0 Å². The first-order chi connectivity index (χ1) is 8.22. The van der Waals surface area contributed by atoms with Gasteiger partial charge in [-0.2, -0.15) is 0 Å². The lowest BCUT2D eigenvalue weighted by molar-refractivity contribution is 0.184. The van der Waals surface area contributed by atoms with Crippen LogP contribution < -0.4 is 0 Å². The maximum Gasteiger partial charge on any atom is 0.161 e. The molecule has 0 aliphatic rings. The SMILES string of the molecule is COCc1ccccc1Cn1c(C)csc1=S. The monoisotopic (exact) mass is 265 g/mol. The molecule has 0 atom stereocenters. The van der Waals surface area contributed by atoms with Crippen LogP contribution in [0.5, 0.6) is 0 Å². The summed E-state index contributed by atoms with van der Waals surface area (Å²) in [6.07, 6.45) is 0. The topological polar surface area (TPSA) is 14.2 Å². The lowest BCUT2D eigenvalue weighted by Crippen LogP contribution is -2.04. The van der Waals surface area contributed by atoms with Crippen molar-refractivity contribution in [1.82, 2.24) is 4.57 Å². The Labute approximate surface area is 110 Å². The Morgan fingerprint density at radius 2 is 2.00 bits per heavy atom. The number of nitrogens with zero attached hydrogens (tertiary/aromatic N) is 1. The number of hydrogen-bond acceptors (Lipinski definition) is 3. The third-order valence-electron chi connectivity index (χ3n) is 2.72. The van der Waals surface area contributed by atoms with E-state index in [0.29, 0.717) is 6.61 Å². The molecule has 0 unspecified atom stereocenters. The number of benzene rings is 1.